The molecule has 13 heavy (non-hydrogen) atoms. The zero-order valence-corrected chi connectivity index (χ0v) is 6.73. The maximum Gasteiger partial charge on any atom is 0.294 e. The summed E-state index contributed by atoms with van der Waals surface area (Å²) in [6.45, 7) is 1.16. The van der Waals surface area contributed by atoms with Crippen LogP contribution in [0.15, 0.2) is 4.42 Å². The first-order chi connectivity index (χ1) is 6.11. The van der Waals surface area contributed by atoms with E-state index in [4.69, 9.17) is 5.11 Å². The van der Waals surface area contributed by atoms with Crippen molar-refractivity contribution in [2.24, 2.45) is 0 Å². The lowest BCUT2D eigenvalue weighted by atomic mass is 10.1. The summed E-state index contributed by atoms with van der Waals surface area (Å²) in [5.74, 6) is -1.56. The summed E-state index contributed by atoms with van der Waals surface area (Å²) in [5.41, 5.74) is -0.461. The van der Waals surface area contributed by atoms with Crippen LogP contribution in [-0.4, -0.2) is 23.5 Å². The first kappa shape index (κ1) is 9.18. The molecule has 0 aromatic carbocycles. The summed E-state index contributed by atoms with van der Waals surface area (Å²) >= 11 is 0. The second-order valence-electron chi connectivity index (χ2n) is 2.35. The summed E-state index contributed by atoms with van der Waals surface area (Å²) < 4.78 is 4.48. The molecule has 0 saturated carbocycles. The summed E-state index contributed by atoms with van der Waals surface area (Å²) in [7, 11) is 0. The monoisotopic (exact) mass is 182 g/mol. The van der Waals surface area contributed by atoms with Crippen LogP contribution in [0.2, 0.25) is 0 Å². The van der Waals surface area contributed by atoms with Gasteiger partial charge in [-0.05, 0) is 6.92 Å². The van der Waals surface area contributed by atoms with Gasteiger partial charge in [-0.1, -0.05) is 0 Å². The van der Waals surface area contributed by atoms with Crippen LogP contribution in [0, 0.1) is 0 Å². The number of carbonyl (C=O) groups excluding carboxylic acids is 3. The second-order valence-corrected chi connectivity index (χ2v) is 2.35. The SMILES string of the molecule is CC(=O)c1c(O)oc(C=O)c1C=O. The molecular formula is C8H6O5. The van der Waals surface area contributed by atoms with Gasteiger partial charge in [0.05, 0.1) is 5.56 Å². The standard InChI is InChI=1S/C8H6O5/c1-4(11)7-5(2-9)6(3-10)13-8(7)12/h2-3,12H,1H3. The van der Waals surface area contributed by atoms with Crippen LogP contribution in [0.25, 0.3) is 0 Å². The zero-order valence-electron chi connectivity index (χ0n) is 6.73. The highest BCUT2D eigenvalue weighted by Gasteiger charge is 2.22. The first-order valence-electron chi connectivity index (χ1n) is 3.38. The van der Waals surface area contributed by atoms with E-state index in [0.29, 0.717) is 6.29 Å². The molecule has 0 aliphatic carbocycles. The number of Topliss-reactive ketones (excluding diaryl/α,β-unsaturated/α-hetero) is 1. The van der Waals surface area contributed by atoms with Gasteiger partial charge in [0, 0.05) is 0 Å². The fourth-order valence-electron chi connectivity index (χ4n) is 0.993. The Balaban J connectivity index is 3.48. The Morgan fingerprint density at radius 1 is 1.38 bits per heavy atom. The van der Waals surface area contributed by atoms with E-state index >= 15 is 0 Å². The smallest absolute Gasteiger partial charge is 0.294 e. The Kier molecular flexibility index (Phi) is 2.27. The molecule has 1 heterocycles. The van der Waals surface area contributed by atoms with E-state index in [1.54, 1.807) is 0 Å². The predicted molar refractivity (Wildman–Crippen MR) is 41.2 cm³/mol. The largest absolute Gasteiger partial charge is 0.480 e. The topological polar surface area (TPSA) is 84.6 Å². The van der Waals surface area contributed by atoms with Gasteiger partial charge in [0.1, 0.15) is 5.56 Å². The number of carbonyl (C=O) groups is 3. The Morgan fingerprint density at radius 3 is 2.38 bits per heavy atom. The van der Waals surface area contributed by atoms with Crippen molar-refractivity contribution < 1.29 is 23.9 Å². The quantitative estimate of drug-likeness (QED) is 0.552. The van der Waals surface area contributed by atoms with Crippen LogP contribution in [0.4, 0.5) is 0 Å². The molecule has 5 heteroatoms. The van der Waals surface area contributed by atoms with E-state index in [-0.39, 0.29) is 23.2 Å². The van der Waals surface area contributed by atoms with E-state index in [0.717, 1.165) is 6.92 Å². The second kappa shape index (κ2) is 3.22. The van der Waals surface area contributed by atoms with E-state index in [1.807, 2.05) is 0 Å². The molecule has 0 fully saturated rings. The number of ketones is 1. The van der Waals surface area contributed by atoms with Crippen molar-refractivity contribution in [2.75, 3.05) is 0 Å². The van der Waals surface area contributed by atoms with Crippen LogP contribution in [0.1, 0.15) is 38.2 Å². The van der Waals surface area contributed by atoms with Crippen molar-refractivity contribution in [1.82, 2.24) is 0 Å². The highest BCUT2D eigenvalue weighted by molar-refractivity contribution is 6.06. The molecule has 1 aromatic rings. The number of aldehydes is 2. The van der Waals surface area contributed by atoms with Gasteiger partial charge in [0.25, 0.3) is 5.95 Å². The molecule has 0 unspecified atom stereocenters. The summed E-state index contributed by atoms with van der Waals surface area (Å²) in [6.07, 6.45) is 0.555. The molecule has 0 bridgehead atoms. The third-order valence-corrected chi connectivity index (χ3v) is 1.53. The molecule has 0 aliphatic rings. The van der Waals surface area contributed by atoms with Gasteiger partial charge in [-0.15, -0.1) is 0 Å². The molecule has 0 spiro atoms. The molecule has 1 N–H and O–H groups in total. The molecule has 0 radical (unpaired) electrons. The molecule has 5 nitrogen and oxygen atoms in total. The van der Waals surface area contributed by atoms with Crippen molar-refractivity contribution in [3.05, 3.63) is 16.9 Å². The normalized spacial score (nSPS) is 9.62. The van der Waals surface area contributed by atoms with E-state index < -0.39 is 11.7 Å². The Bertz CT molecular complexity index is 374. The van der Waals surface area contributed by atoms with Gasteiger partial charge >= 0.3 is 0 Å². The molecule has 0 saturated heterocycles. The lowest BCUT2D eigenvalue weighted by Gasteiger charge is -1.89. The first-order valence-corrected chi connectivity index (χ1v) is 3.38. The van der Waals surface area contributed by atoms with Crippen LogP contribution in [0.3, 0.4) is 0 Å². The van der Waals surface area contributed by atoms with Gasteiger partial charge in [0.2, 0.25) is 0 Å². The summed E-state index contributed by atoms with van der Waals surface area (Å²) in [6, 6.07) is 0. The minimum Gasteiger partial charge on any atom is -0.480 e. The van der Waals surface area contributed by atoms with Crippen LogP contribution in [-0.2, 0) is 0 Å². The van der Waals surface area contributed by atoms with Crippen molar-refractivity contribution in [1.29, 1.82) is 0 Å². The van der Waals surface area contributed by atoms with Crippen molar-refractivity contribution >= 4 is 18.4 Å². The molecule has 0 amide bonds. The van der Waals surface area contributed by atoms with Gasteiger partial charge in [-0.25, -0.2) is 0 Å². The van der Waals surface area contributed by atoms with Gasteiger partial charge in [0.15, 0.2) is 24.1 Å². The van der Waals surface area contributed by atoms with E-state index in [2.05, 4.69) is 4.42 Å². The predicted octanol–water partition coefficient (Wildman–Crippen LogP) is 0.813. The number of rotatable bonds is 3. The summed E-state index contributed by atoms with van der Waals surface area (Å²) in [5, 5.41) is 9.04. The van der Waals surface area contributed by atoms with Crippen molar-refractivity contribution in [3.63, 3.8) is 0 Å². The average molecular weight is 182 g/mol. The molecular weight excluding hydrogens is 176 g/mol. The molecule has 1 rings (SSSR count). The third kappa shape index (κ3) is 1.35. The highest BCUT2D eigenvalue weighted by Crippen LogP contribution is 2.26. The minimum atomic E-state index is -0.698. The Morgan fingerprint density at radius 2 is 2.00 bits per heavy atom. The molecule has 0 atom stereocenters. The van der Waals surface area contributed by atoms with Crippen LogP contribution in [0.5, 0.6) is 5.95 Å². The number of hydrogen-bond acceptors (Lipinski definition) is 5. The summed E-state index contributed by atoms with van der Waals surface area (Å²) in [4.78, 5) is 31.6. The fraction of sp³-hybridized carbons (Fsp3) is 0.125. The van der Waals surface area contributed by atoms with Gasteiger partial charge in [-0.2, -0.15) is 0 Å². The van der Waals surface area contributed by atoms with Crippen LogP contribution < -0.4 is 0 Å². The fourth-order valence-corrected chi connectivity index (χ4v) is 0.993. The average Bonchev–Trinajstić information content (AvgIpc) is 2.41. The molecule has 68 valence electrons. The number of hydrogen-bond donors (Lipinski definition) is 1. The van der Waals surface area contributed by atoms with E-state index in [9.17, 15) is 14.4 Å². The third-order valence-electron chi connectivity index (χ3n) is 1.53. The molecule has 0 aliphatic heterocycles. The maximum atomic E-state index is 10.9. The molecule has 1 aromatic heterocycles. The van der Waals surface area contributed by atoms with E-state index in [1.165, 1.54) is 0 Å². The Labute approximate surface area is 73.0 Å². The van der Waals surface area contributed by atoms with Crippen molar-refractivity contribution in [2.45, 2.75) is 6.92 Å². The lowest BCUT2D eigenvalue weighted by molar-refractivity contribution is 0.100. The lowest BCUT2D eigenvalue weighted by Crippen LogP contribution is -1.96. The van der Waals surface area contributed by atoms with Crippen molar-refractivity contribution in [3.8, 4) is 5.95 Å². The highest BCUT2D eigenvalue weighted by atomic mass is 16.5. The minimum absolute atomic E-state index is 0.208. The zero-order chi connectivity index (χ0) is 10.0. The number of aromatic hydroxyl groups is 1. The van der Waals surface area contributed by atoms with Gasteiger partial charge in [-0.3, -0.25) is 14.4 Å². The maximum absolute atomic E-state index is 10.9. The van der Waals surface area contributed by atoms with Crippen LogP contribution >= 0.6 is 0 Å². The number of furan rings is 1. The Hall–Kier alpha value is -1.91. The van der Waals surface area contributed by atoms with Gasteiger partial charge < -0.3 is 9.52 Å².